The molecule has 2 rings (SSSR count). The number of para-hydroxylation sites is 1. The van der Waals surface area contributed by atoms with Crippen LogP contribution in [0.25, 0.3) is 0 Å². The standard InChI is InChI=1S/C16H15ClO3/c1-11-6-2-3-7-12(11)10-15(16(18)19)20-14-9-5-4-8-13(14)17/h2-9,15H,10H2,1H3,(H,18,19). The third-order valence-electron chi connectivity index (χ3n) is 3.05. The Morgan fingerprint density at radius 3 is 2.50 bits per heavy atom. The van der Waals surface area contributed by atoms with Gasteiger partial charge in [-0.25, -0.2) is 4.79 Å². The third-order valence-corrected chi connectivity index (χ3v) is 3.36. The smallest absolute Gasteiger partial charge is 0.345 e. The number of ether oxygens (including phenoxy) is 1. The number of carboxylic acid groups (broad SMARTS) is 1. The van der Waals surface area contributed by atoms with Crippen molar-refractivity contribution in [3.63, 3.8) is 0 Å². The van der Waals surface area contributed by atoms with Gasteiger partial charge < -0.3 is 9.84 Å². The minimum Gasteiger partial charge on any atom is -0.478 e. The van der Waals surface area contributed by atoms with Gasteiger partial charge in [0, 0.05) is 6.42 Å². The van der Waals surface area contributed by atoms with Crippen molar-refractivity contribution in [2.75, 3.05) is 0 Å². The second kappa shape index (κ2) is 6.44. The normalized spacial score (nSPS) is 11.9. The molecule has 20 heavy (non-hydrogen) atoms. The fourth-order valence-electron chi connectivity index (χ4n) is 1.91. The first-order valence-electron chi connectivity index (χ1n) is 6.26. The SMILES string of the molecule is Cc1ccccc1CC(Oc1ccccc1Cl)C(=O)O. The first-order chi connectivity index (χ1) is 9.58. The minimum absolute atomic E-state index is 0.299. The molecule has 1 N–H and O–H groups in total. The Morgan fingerprint density at radius 2 is 1.85 bits per heavy atom. The maximum absolute atomic E-state index is 11.4. The average molecular weight is 291 g/mol. The molecule has 0 fully saturated rings. The lowest BCUT2D eigenvalue weighted by Gasteiger charge is -2.17. The van der Waals surface area contributed by atoms with E-state index in [-0.39, 0.29) is 0 Å². The number of hydrogen-bond acceptors (Lipinski definition) is 2. The summed E-state index contributed by atoms with van der Waals surface area (Å²) in [5.74, 6) is -0.622. The molecular weight excluding hydrogens is 276 g/mol. The molecule has 0 saturated heterocycles. The van der Waals surface area contributed by atoms with E-state index in [0.29, 0.717) is 17.2 Å². The fourth-order valence-corrected chi connectivity index (χ4v) is 2.09. The summed E-state index contributed by atoms with van der Waals surface area (Å²) < 4.78 is 5.53. The highest BCUT2D eigenvalue weighted by atomic mass is 35.5. The van der Waals surface area contributed by atoms with Crippen molar-refractivity contribution in [3.05, 3.63) is 64.7 Å². The summed E-state index contributed by atoms with van der Waals surface area (Å²) in [5.41, 5.74) is 1.99. The Hall–Kier alpha value is -2.00. The summed E-state index contributed by atoms with van der Waals surface area (Å²) in [4.78, 5) is 11.4. The van der Waals surface area contributed by atoms with Crippen LogP contribution >= 0.6 is 11.6 Å². The second-order valence-electron chi connectivity index (χ2n) is 4.51. The van der Waals surface area contributed by atoms with Gasteiger partial charge in [-0.05, 0) is 30.2 Å². The molecule has 1 atom stereocenters. The molecule has 104 valence electrons. The highest BCUT2D eigenvalue weighted by molar-refractivity contribution is 6.32. The Bertz CT molecular complexity index is 563. The van der Waals surface area contributed by atoms with E-state index in [4.69, 9.17) is 16.3 Å². The summed E-state index contributed by atoms with van der Waals surface area (Å²) in [6, 6.07) is 14.5. The van der Waals surface area contributed by atoms with Crippen molar-refractivity contribution >= 4 is 17.6 Å². The van der Waals surface area contributed by atoms with E-state index in [2.05, 4.69) is 0 Å². The van der Waals surface area contributed by atoms with E-state index in [1.54, 1.807) is 24.3 Å². The van der Waals surface area contributed by atoms with Gasteiger partial charge in [0.05, 0.1) is 5.02 Å². The minimum atomic E-state index is -1.01. The first kappa shape index (κ1) is 14.4. The van der Waals surface area contributed by atoms with Crippen molar-refractivity contribution in [3.8, 4) is 5.75 Å². The number of benzene rings is 2. The van der Waals surface area contributed by atoms with Gasteiger partial charge in [0.25, 0.3) is 0 Å². The van der Waals surface area contributed by atoms with E-state index in [1.807, 2.05) is 31.2 Å². The molecule has 0 bridgehead atoms. The highest BCUT2D eigenvalue weighted by Gasteiger charge is 2.21. The van der Waals surface area contributed by atoms with Crippen LogP contribution in [0.5, 0.6) is 5.75 Å². The van der Waals surface area contributed by atoms with Gasteiger partial charge in [-0.3, -0.25) is 0 Å². The molecule has 0 heterocycles. The predicted octanol–water partition coefficient (Wildman–Crippen LogP) is 3.72. The molecule has 0 amide bonds. The van der Waals surface area contributed by atoms with Crippen LogP contribution in [0, 0.1) is 6.92 Å². The topological polar surface area (TPSA) is 46.5 Å². The number of aliphatic carboxylic acids is 1. The van der Waals surface area contributed by atoms with Crippen LogP contribution in [0.1, 0.15) is 11.1 Å². The fraction of sp³-hybridized carbons (Fsp3) is 0.188. The lowest BCUT2D eigenvalue weighted by atomic mass is 10.0. The third kappa shape index (κ3) is 3.52. The zero-order chi connectivity index (χ0) is 14.5. The van der Waals surface area contributed by atoms with Crippen LogP contribution in [0.4, 0.5) is 0 Å². The van der Waals surface area contributed by atoms with Gasteiger partial charge in [0.1, 0.15) is 5.75 Å². The summed E-state index contributed by atoms with van der Waals surface area (Å²) in [5, 5.41) is 9.72. The van der Waals surface area contributed by atoms with Crippen molar-refractivity contribution in [1.29, 1.82) is 0 Å². The van der Waals surface area contributed by atoms with E-state index in [1.165, 1.54) is 0 Å². The van der Waals surface area contributed by atoms with Crippen LogP contribution in [-0.2, 0) is 11.2 Å². The first-order valence-corrected chi connectivity index (χ1v) is 6.64. The number of rotatable bonds is 5. The van der Waals surface area contributed by atoms with Crippen molar-refractivity contribution in [1.82, 2.24) is 0 Å². The monoisotopic (exact) mass is 290 g/mol. The molecule has 0 aliphatic carbocycles. The number of carbonyl (C=O) groups is 1. The maximum atomic E-state index is 11.4. The van der Waals surface area contributed by atoms with Crippen LogP contribution in [0.3, 0.4) is 0 Å². The Morgan fingerprint density at radius 1 is 1.20 bits per heavy atom. The summed E-state index contributed by atoms with van der Waals surface area (Å²) in [7, 11) is 0. The van der Waals surface area contributed by atoms with Gasteiger partial charge >= 0.3 is 5.97 Å². The number of aryl methyl sites for hydroxylation is 1. The molecule has 0 spiro atoms. The summed E-state index contributed by atoms with van der Waals surface area (Å²) in [6.45, 7) is 1.95. The van der Waals surface area contributed by atoms with E-state index < -0.39 is 12.1 Å². The molecule has 0 aliphatic heterocycles. The molecule has 0 aliphatic rings. The van der Waals surface area contributed by atoms with Gasteiger partial charge in [0.2, 0.25) is 0 Å². The van der Waals surface area contributed by atoms with Crippen LogP contribution < -0.4 is 4.74 Å². The molecule has 0 radical (unpaired) electrons. The van der Waals surface area contributed by atoms with Gasteiger partial charge in [-0.15, -0.1) is 0 Å². The molecular formula is C16H15ClO3. The predicted molar refractivity (Wildman–Crippen MR) is 78.4 cm³/mol. The quantitative estimate of drug-likeness (QED) is 0.913. The lowest BCUT2D eigenvalue weighted by Crippen LogP contribution is -2.29. The van der Waals surface area contributed by atoms with Crippen LogP contribution in [0.15, 0.2) is 48.5 Å². The van der Waals surface area contributed by atoms with E-state index >= 15 is 0 Å². The molecule has 0 saturated carbocycles. The van der Waals surface area contributed by atoms with Crippen LogP contribution in [0.2, 0.25) is 5.02 Å². The van der Waals surface area contributed by atoms with Crippen molar-refractivity contribution < 1.29 is 14.6 Å². The van der Waals surface area contributed by atoms with Crippen molar-refractivity contribution in [2.45, 2.75) is 19.4 Å². The van der Waals surface area contributed by atoms with Gasteiger partial charge in [0.15, 0.2) is 6.10 Å². The Balaban J connectivity index is 2.19. The summed E-state index contributed by atoms with van der Waals surface area (Å²) in [6.07, 6.45) is -0.663. The largest absolute Gasteiger partial charge is 0.478 e. The maximum Gasteiger partial charge on any atom is 0.345 e. The molecule has 4 heteroatoms. The van der Waals surface area contributed by atoms with Gasteiger partial charge in [-0.2, -0.15) is 0 Å². The second-order valence-corrected chi connectivity index (χ2v) is 4.91. The molecule has 2 aromatic carbocycles. The summed E-state index contributed by atoms with van der Waals surface area (Å²) >= 11 is 5.99. The molecule has 3 nitrogen and oxygen atoms in total. The van der Waals surface area contributed by atoms with Crippen LogP contribution in [-0.4, -0.2) is 17.2 Å². The highest BCUT2D eigenvalue weighted by Crippen LogP contribution is 2.25. The lowest BCUT2D eigenvalue weighted by molar-refractivity contribution is -0.145. The average Bonchev–Trinajstić information content (AvgIpc) is 2.42. The van der Waals surface area contributed by atoms with Crippen molar-refractivity contribution in [2.24, 2.45) is 0 Å². The Labute approximate surface area is 122 Å². The zero-order valence-corrected chi connectivity index (χ0v) is 11.8. The molecule has 2 aromatic rings. The molecule has 1 unspecified atom stereocenters. The molecule has 0 aromatic heterocycles. The Kier molecular flexibility index (Phi) is 4.64. The number of carboxylic acids is 1. The number of halogens is 1. The zero-order valence-electron chi connectivity index (χ0n) is 11.0. The van der Waals surface area contributed by atoms with Gasteiger partial charge in [-0.1, -0.05) is 48.0 Å². The number of hydrogen-bond donors (Lipinski definition) is 1. The van der Waals surface area contributed by atoms with E-state index in [0.717, 1.165) is 11.1 Å². The van der Waals surface area contributed by atoms with E-state index in [9.17, 15) is 9.90 Å².